The Bertz CT molecular complexity index is 1040. The summed E-state index contributed by atoms with van der Waals surface area (Å²) in [7, 11) is -3.59. The molecule has 8 nitrogen and oxygen atoms in total. The van der Waals surface area contributed by atoms with Crippen LogP contribution in [0.1, 0.15) is 21.5 Å². The minimum atomic E-state index is -3.59. The molecule has 0 saturated carbocycles. The van der Waals surface area contributed by atoms with Gasteiger partial charge in [-0.25, -0.2) is 8.42 Å². The predicted octanol–water partition coefficient (Wildman–Crippen LogP) is 0.223. The Morgan fingerprint density at radius 2 is 1.79 bits per heavy atom. The van der Waals surface area contributed by atoms with Gasteiger partial charge >= 0.3 is 0 Å². The molecule has 154 valence electrons. The summed E-state index contributed by atoms with van der Waals surface area (Å²) in [6.45, 7) is 4.89. The van der Waals surface area contributed by atoms with Crippen LogP contribution >= 0.6 is 0 Å². The lowest BCUT2D eigenvalue weighted by molar-refractivity contribution is -0.685. The molecule has 29 heavy (non-hydrogen) atoms. The molecule has 0 unspecified atom stereocenters. The normalized spacial score (nSPS) is 15.3. The fraction of sp³-hybridized carbons (Fsp3) is 0.350. The van der Waals surface area contributed by atoms with Crippen molar-refractivity contribution < 1.29 is 22.6 Å². The van der Waals surface area contributed by atoms with Crippen molar-refractivity contribution in [2.45, 2.75) is 25.3 Å². The fourth-order valence-electron chi connectivity index (χ4n) is 3.43. The molecule has 2 N–H and O–H groups in total. The minimum absolute atomic E-state index is 0.0605. The van der Waals surface area contributed by atoms with Gasteiger partial charge in [-0.3, -0.25) is 9.59 Å². The molecule has 2 aromatic rings. The van der Waals surface area contributed by atoms with E-state index in [-0.39, 0.29) is 25.5 Å². The third-order valence-electron chi connectivity index (χ3n) is 5.00. The average molecular weight is 418 g/mol. The molecule has 0 atom stereocenters. The van der Waals surface area contributed by atoms with Gasteiger partial charge in [-0.1, -0.05) is 17.7 Å². The summed E-state index contributed by atoms with van der Waals surface area (Å²) in [5.41, 5.74) is 7.32. The maximum absolute atomic E-state index is 13.0. The van der Waals surface area contributed by atoms with Crippen LogP contribution in [0, 0.1) is 13.8 Å². The van der Waals surface area contributed by atoms with E-state index in [0.717, 1.165) is 5.56 Å². The number of primary amides is 1. The van der Waals surface area contributed by atoms with Crippen LogP contribution in [0.2, 0.25) is 0 Å². The largest absolute Gasteiger partial charge is 0.365 e. The third-order valence-corrected chi connectivity index (χ3v) is 7.06. The van der Waals surface area contributed by atoms with Crippen molar-refractivity contribution in [3.63, 3.8) is 0 Å². The second-order valence-corrected chi connectivity index (χ2v) is 9.09. The van der Waals surface area contributed by atoms with E-state index in [1.807, 2.05) is 13.0 Å². The zero-order valence-corrected chi connectivity index (χ0v) is 17.4. The highest BCUT2D eigenvalue weighted by molar-refractivity contribution is 7.89. The Hall–Kier alpha value is -2.78. The van der Waals surface area contributed by atoms with E-state index in [4.69, 9.17) is 5.73 Å². The first-order valence-corrected chi connectivity index (χ1v) is 10.8. The maximum Gasteiger partial charge on any atom is 0.288 e. The Balaban J connectivity index is 1.64. The number of amides is 2. The second kappa shape index (κ2) is 8.30. The van der Waals surface area contributed by atoms with Crippen LogP contribution in [-0.2, 0) is 21.4 Å². The van der Waals surface area contributed by atoms with Crippen molar-refractivity contribution >= 4 is 21.8 Å². The zero-order valence-electron chi connectivity index (χ0n) is 16.5. The molecule has 0 spiro atoms. The number of benzene rings is 1. The van der Waals surface area contributed by atoms with Gasteiger partial charge in [-0.2, -0.15) is 8.87 Å². The van der Waals surface area contributed by atoms with Crippen LogP contribution in [0.25, 0.3) is 0 Å². The molecule has 2 amide bonds. The van der Waals surface area contributed by atoms with Crippen LogP contribution in [0.3, 0.4) is 0 Å². The monoisotopic (exact) mass is 417 g/mol. The number of hydrogen-bond acceptors (Lipinski definition) is 4. The number of hydrogen-bond donors (Lipinski definition) is 1. The van der Waals surface area contributed by atoms with E-state index in [0.29, 0.717) is 29.1 Å². The Kier molecular flexibility index (Phi) is 5.99. The lowest BCUT2D eigenvalue weighted by Gasteiger charge is -2.33. The lowest BCUT2D eigenvalue weighted by Crippen LogP contribution is -2.53. The molecule has 1 saturated heterocycles. The first-order valence-electron chi connectivity index (χ1n) is 9.32. The first kappa shape index (κ1) is 20.9. The average Bonchev–Trinajstić information content (AvgIpc) is 2.68. The molecular weight excluding hydrogens is 392 g/mol. The number of carbonyl (C=O) groups excluding carboxylic acids is 2. The number of rotatable bonds is 5. The van der Waals surface area contributed by atoms with Crippen molar-refractivity contribution in [1.29, 1.82) is 0 Å². The number of aryl methyl sites for hydroxylation is 2. The highest BCUT2D eigenvalue weighted by Crippen LogP contribution is 2.22. The predicted molar refractivity (Wildman–Crippen MR) is 106 cm³/mol. The van der Waals surface area contributed by atoms with Gasteiger partial charge in [-0.15, -0.1) is 0 Å². The van der Waals surface area contributed by atoms with Crippen molar-refractivity contribution in [3.05, 3.63) is 59.4 Å². The van der Waals surface area contributed by atoms with E-state index < -0.39 is 15.9 Å². The van der Waals surface area contributed by atoms with Gasteiger partial charge in [0.1, 0.15) is 5.56 Å². The molecule has 1 aromatic carbocycles. The molecule has 0 aliphatic carbocycles. The number of pyridine rings is 1. The summed E-state index contributed by atoms with van der Waals surface area (Å²) in [6, 6.07) is 8.52. The summed E-state index contributed by atoms with van der Waals surface area (Å²) in [6.07, 6.45) is 3.21. The van der Waals surface area contributed by atoms with Crippen LogP contribution in [0.5, 0.6) is 0 Å². The molecular formula is C20H25N4O4S+. The number of nitrogens with two attached hydrogens (primary N) is 1. The topological polar surface area (TPSA) is 105 Å². The standard InChI is InChI=1S/C20H24N4O4S/c1-15-5-6-18(16(2)12-15)29(27,28)24-10-8-23(9-11-24)19(25)14-22-7-3-4-17(13-22)20(21)26/h3-7,12-13H,8-11,14H2,1-2H3,(H-,21,26)/p+1. The fourth-order valence-corrected chi connectivity index (χ4v) is 5.06. The number of aromatic nitrogens is 1. The molecule has 1 aliphatic heterocycles. The summed E-state index contributed by atoms with van der Waals surface area (Å²) >= 11 is 0. The van der Waals surface area contributed by atoms with Crippen molar-refractivity contribution in [2.24, 2.45) is 5.73 Å². The number of sulfonamides is 1. The van der Waals surface area contributed by atoms with E-state index in [1.165, 1.54) is 10.5 Å². The molecule has 1 aromatic heterocycles. The molecule has 2 heterocycles. The SMILES string of the molecule is Cc1ccc(S(=O)(=O)N2CCN(C(=O)C[n+]3cccc(C(N)=O)c3)CC2)c(C)c1. The van der Waals surface area contributed by atoms with Crippen molar-refractivity contribution in [2.75, 3.05) is 26.2 Å². The van der Waals surface area contributed by atoms with E-state index in [2.05, 4.69) is 0 Å². The Morgan fingerprint density at radius 1 is 1.10 bits per heavy atom. The van der Waals surface area contributed by atoms with Crippen molar-refractivity contribution in [1.82, 2.24) is 9.21 Å². The molecule has 1 fully saturated rings. The smallest absolute Gasteiger partial charge is 0.288 e. The van der Waals surface area contributed by atoms with Crippen LogP contribution in [-0.4, -0.2) is 55.6 Å². The summed E-state index contributed by atoms with van der Waals surface area (Å²) < 4.78 is 28.9. The van der Waals surface area contributed by atoms with Crippen LogP contribution < -0.4 is 10.3 Å². The molecule has 3 rings (SSSR count). The van der Waals surface area contributed by atoms with Gasteiger partial charge in [0.2, 0.25) is 16.6 Å². The highest BCUT2D eigenvalue weighted by atomic mass is 32.2. The number of piperazine rings is 1. The zero-order chi connectivity index (χ0) is 21.2. The summed E-state index contributed by atoms with van der Waals surface area (Å²) in [5.74, 6) is -0.697. The van der Waals surface area contributed by atoms with E-state index in [9.17, 15) is 18.0 Å². The van der Waals surface area contributed by atoms with Gasteiger partial charge in [-0.05, 0) is 31.5 Å². The van der Waals surface area contributed by atoms with Gasteiger partial charge < -0.3 is 10.6 Å². The van der Waals surface area contributed by atoms with Gasteiger partial charge in [0.25, 0.3) is 11.8 Å². The molecule has 0 bridgehead atoms. The molecule has 0 radical (unpaired) electrons. The van der Waals surface area contributed by atoms with Gasteiger partial charge in [0.15, 0.2) is 12.4 Å². The Labute approximate surface area is 170 Å². The van der Waals surface area contributed by atoms with Crippen LogP contribution in [0.15, 0.2) is 47.6 Å². The van der Waals surface area contributed by atoms with E-state index >= 15 is 0 Å². The quantitative estimate of drug-likeness (QED) is 0.703. The second-order valence-electron chi connectivity index (χ2n) is 7.18. The van der Waals surface area contributed by atoms with Crippen LogP contribution in [0.4, 0.5) is 0 Å². The minimum Gasteiger partial charge on any atom is -0.365 e. The number of nitrogens with zero attached hydrogens (tertiary/aromatic N) is 3. The lowest BCUT2D eigenvalue weighted by atomic mass is 10.2. The first-order chi connectivity index (χ1) is 13.7. The van der Waals surface area contributed by atoms with Crippen molar-refractivity contribution in [3.8, 4) is 0 Å². The third kappa shape index (κ3) is 4.63. The van der Waals surface area contributed by atoms with E-state index in [1.54, 1.807) is 46.9 Å². The van der Waals surface area contributed by atoms with Gasteiger partial charge in [0.05, 0.1) is 4.90 Å². The molecule has 1 aliphatic rings. The summed E-state index contributed by atoms with van der Waals surface area (Å²) in [5, 5.41) is 0. The summed E-state index contributed by atoms with van der Waals surface area (Å²) in [4.78, 5) is 25.8. The maximum atomic E-state index is 13.0. The Morgan fingerprint density at radius 3 is 2.41 bits per heavy atom. The highest BCUT2D eigenvalue weighted by Gasteiger charge is 2.31. The molecule has 9 heteroatoms. The van der Waals surface area contributed by atoms with Gasteiger partial charge in [0, 0.05) is 32.2 Å². The number of carbonyl (C=O) groups is 2.